The van der Waals surface area contributed by atoms with Crippen LogP contribution in [0.4, 0.5) is 10.8 Å². The number of nitrogens with one attached hydrogen (secondary N) is 1. The van der Waals surface area contributed by atoms with Crippen molar-refractivity contribution in [2.45, 2.75) is 0 Å². The molecule has 28 heavy (non-hydrogen) atoms. The minimum Gasteiger partial charge on any atom is -0.497 e. The van der Waals surface area contributed by atoms with Gasteiger partial charge >= 0.3 is 0 Å². The molecule has 0 saturated carbocycles. The molecule has 1 N–H and O–H groups in total. The predicted octanol–water partition coefficient (Wildman–Crippen LogP) is 3.40. The van der Waals surface area contributed by atoms with Crippen molar-refractivity contribution in [1.82, 2.24) is 4.98 Å². The van der Waals surface area contributed by atoms with Crippen molar-refractivity contribution in [2.24, 2.45) is 5.92 Å². The Morgan fingerprint density at radius 2 is 1.86 bits per heavy atom. The van der Waals surface area contributed by atoms with E-state index in [9.17, 15) is 4.79 Å². The number of ether oxygens (including phenoxy) is 3. The number of anilines is 2. The van der Waals surface area contributed by atoms with Crippen molar-refractivity contribution >= 4 is 38.3 Å². The van der Waals surface area contributed by atoms with Gasteiger partial charge in [-0.15, -0.1) is 0 Å². The number of benzene rings is 2. The van der Waals surface area contributed by atoms with Gasteiger partial charge in [0.2, 0.25) is 5.91 Å². The van der Waals surface area contributed by atoms with E-state index < -0.39 is 0 Å². The van der Waals surface area contributed by atoms with E-state index in [4.69, 9.17) is 14.2 Å². The maximum Gasteiger partial charge on any atom is 0.231 e. The van der Waals surface area contributed by atoms with E-state index in [1.807, 2.05) is 18.2 Å². The fraction of sp³-hybridized carbons (Fsp3) is 0.300. The lowest BCUT2D eigenvalue weighted by molar-refractivity contribution is -0.120. The van der Waals surface area contributed by atoms with E-state index in [1.165, 1.54) is 0 Å². The van der Waals surface area contributed by atoms with Crippen LogP contribution in [0.5, 0.6) is 17.2 Å². The van der Waals surface area contributed by atoms with Crippen molar-refractivity contribution in [1.29, 1.82) is 0 Å². The fourth-order valence-electron chi connectivity index (χ4n) is 3.12. The van der Waals surface area contributed by atoms with Gasteiger partial charge in [-0.05, 0) is 24.3 Å². The van der Waals surface area contributed by atoms with Gasteiger partial charge in [-0.25, -0.2) is 4.98 Å². The van der Waals surface area contributed by atoms with E-state index >= 15 is 0 Å². The molecule has 7 nitrogen and oxygen atoms in total. The summed E-state index contributed by atoms with van der Waals surface area (Å²) in [6.07, 6.45) is 0. The van der Waals surface area contributed by atoms with E-state index in [1.54, 1.807) is 50.9 Å². The van der Waals surface area contributed by atoms with Crippen LogP contribution in [0, 0.1) is 5.92 Å². The van der Waals surface area contributed by atoms with Gasteiger partial charge in [0, 0.05) is 30.9 Å². The first kappa shape index (κ1) is 18.4. The van der Waals surface area contributed by atoms with Crippen molar-refractivity contribution in [3.8, 4) is 17.2 Å². The second-order valence-corrected chi connectivity index (χ2v) is 7.50. The van der Waals surface area contributed by atoms with Gasteiger partial charge in [-0.2, -0.15) is 0 Å². The number of nitrogens with zero attached hydrogens (tertiary/aromatic N) is 2. The largest absolute Gasteiger partial charge is 0.497 e. The molecule has 2 heterocycles. The molecular weight excluding hydrogens is 378 g/mol. The highest BCUT2D eigenvalue weighted by atomic mass is 32.1. The average molecular weight is 399 g/mol. The van der Waals surface area contributed by atoms with Crippen molar-refractivity contribution in [2.75, 3.05) is 44.6 Å². The van der Waals surface area contributed by atoms with Crippen LogP contribution in [-0.2, 0) is 4.79 Å². The molecule has 1 fully saturated rings. The van der Waals surface area contributed by atoms with Crippen LogP contribution in [0.2, 0.25) is 0 Å². The quantitative estimate of drug-likeness (QED) is 0.685. The molecule has 0 radical (unpaired) electrons. The zero-order valence-electron chi connectivity index (χ0n) is 15.9. The van der Waals surface area contributed by atoms with Gasteiger partial charge in [0.05, 0.1) is 37.5 Å². The van der Waals surface area contributed by atoms with Gasteiger partial charge in [-0.1, -0.05) is 11.3 Å². The number of methoxy groups -OCH3 is 3. The lowest BCUT2D eigenvalue weighted by atomic mass is 10.00. The third-order valence-electron chi connectivity index (χ3n) is 4.76. The van der Waals surface area contributed by atoms with E-state index in [2.05, 4.69) is 15.2 Å². The number of hydrogen-bond donors (Lipinski definition) is 1. The Bertz CT molecular complexity index is 1010. The number of aromatic nitrogens is 1. The summed E-state index contributed by atoms with van der Waals surface area (Å²) in [7, 11) is 4.80. The van der Waals surface area contributed by atoms with Gasteiger partial charge < -0.3 is 24.4 Å². The smallest absolute Gasteiger partial charge is 0.231 e. The summed E-state index contributed by atoms with van der Waals surface area (Å²) in [4.78, 5) is 19.3. The van der Waals surface area contributed by atoms with Crippen LogP contribution < -0.4 is 24.4 Å². The summed E-state index contributed by atoms with van der Waals surface area (Å²) < 4.78 is 16.9. The van der Waals surface area contributed by atoms with Crippen LogP contribution in [0.3, 0.4) is 0 Å². The molecule has 146 valence electrons. The molecule has 1 saturated heterocycles. The van der Waals surface area contributed by atoms with E-state index in [0.29, 0.717) is 30.3 Å². The van der Waals surface area contributed by atoms with Crippen LogP contribution >= 0.6 is 11.3 Å². The number of carbonyl (C=O) groups excluding carboxylic acids is 1. The topological polar surface area (TPSA) is 72.9 Å². The molecule has 0 unspecified atom stereocenters. The third kappa shape index (κ3) is 3.43. The maximum atomic E-state index is 12.5. The Hall–Kier alpha value is -3.00. The second kappa shape index (κ2) is 7.55. The first-order valence-electron chi connectivity index (χ1n) is 8.83. The summed E-state index contributed by atoms with van der Waals surface area (Å²) in [5, 5.41) is 3.88. The first-order valence-corrected chi connectivity index (χ1v) is 9.65. The minimum atomic E-state index is -0.0744. The Labute approximate surface area is 166 Å². The zero-order chi connectivity index (χ0) is 19.7. The summed E-state index contributed by atoms with van der Waals surface area (Å²) >= 11 is 1.62. The molecule has 0 aliphatic carbocycles. The molecule has 0 atom stereocenters. The lowest BCUT2D eigenvalue weighted by Crippen LogP contribution is -2.52. The number of carbonyl (C=O) groups is 1. The number of rotatable bonds is 6. The Kier molecular flexibility index (Phi) is 4.95. The summed E-state index contributed by atoms with van der Waals surface area (Å²) in [6, 6.07) is 11.2. The number of hydrogen-bond acceptors (Lipinski definition) is 7. The minimum absolute atomic E-state index is 0.00810. The van der Waals surface area contributed by atoms with E-state index in [0.717, 1.165) is 21.1 Å². The standard InChI is InChI=1S/C20H21N3O4S/c1-25-14-5-7-18-15(9-14)22-20(28-18)23-10-12(11-23)19(24)21-13-4-6-16(26-2)17(8-13)27-3/h4-9,12H,10-11H2,1-3H3,(H,21,24). The summed E-state index contributed by atoms with van der Waals surface area (Å²) in [5.41, 5.74) is 1.60. The lowest BCUT2D eigenvalue weighted by Gasteiger charge is -2.37. The summed E-state index contributed by atoms with van der Waals surface area (Å²) in [5.74, 6) is 1.92. The number of amides is 1. The molecule has 2 aromatic carbocycles. The SMILES string of the molecule is COc1ccc2sc(N3CC(C(=O)Nc4ccc(OC)c(OC)c4)C3)nc2c1. The van der Waals surface area contributed by atoms with Gasteiger partial charge in [0.25, 0.3) is 0 Å². The average Bonchev–Trinajstić information content (AvgIpc) is 3.09. The second-order valence-electron chi connectivity index (χ2n) is 6.49. The van der Waals surface area contributed by atoms with Crippen molar-refractivity contribution in [3.05, 3.63) is 36.4 Å². The molecule has 1 amide bonds. The molecule has 3 aromatic rings. The van der Waals surface area contributed by atoms with Crippen molar-refractivity contribution in [3.63, 3.8) is 0 Å². The van der Waals surface area contributed by atoms with Crippen LogP contribution in [0.25, 0.3) is 10.2 Å². The van der Waals surface area contributed by atoms with Gasteiger partial charge in [0.15, 0.2) is 16.6 Å². The molecular formula is C20H21N3O4S. The van der Waals surface area contributed by atoms with Gasteiger partial charge in [0.1, 0.15) is 5.75 Å². The number of thiazole rings is 1. The van der Waals surface area contributed by atoms with Crippen molar-refractivity contribution < 1.29 is 19.0 Å². The third-order valence-corrected chi connectivity index (χ3v) is 5.85. The molecule has 1 aromatic heterocycles. The molecule has 0 bridgehead atoms. The first-order chi connectivity index (χ1) is 13.6. The van der Waals surface area contributed by atoms with E-state index in [-0.39, 0.29) is 11.8 Å². The highest BCUT2D eigenvalue weighted by Gasteiger charge is 2.34. The highest BCUT2D eigenvalue weighted by molar-refractivity contribution is 7.22. The monoisotopic (exact) mass is 399 g/mol. The Morgan fingerprint density at radius 3 is 2.57 bits per heavy atom. The molecule has 4 rings (SSSR count). The number of fused-ring (bicyclic) bond motifs is 1. The Balaban J connectivity index is 1.39. The van der Waals surface area contributed by atoms with Crippen LogP contribution in [0.1, 0.15) is 0 Å². The maximum absolute atomic E-state index is 12.5. The fourth-order valence-corrected chi connectivity index (χ4v) is 4.08. The molecule has 1 aliphatic rings. The predicted molar refractivity (Wildman–Crippen MR) is 110 cm³/mol. The van der Waals surface area contributed by atoms with Gasteiger partial charge in [-0.3, -0.25) is 4.79 Å². The zero-order valence-corrected chi connectivity index (χ0v) is 16.7. The normalized spacial score (nSPS) is 13.9. The molecule has 0 spiro atoms. The molecule has 8 heteroatoms. The Morgan fingerprint density at radius 1 is 1.07 bits per heavy atom. The summed E-state index contributed by atoms with van der Waals surface area (Å²) in [6.45, 7) is 1.30. The highest BCUT2D eigenvalue weighted by Crippen LogP contribution is 2.35. The molecule has 1 aliphatic heterocycles. The van der Waals surface area contributed by atoms with Crippen LogP contribution in [0.15, 0.2) is 36.4 Å². The van der Waals surface area contributed by atoms with Crippen LogP contribution in [-0.4, -0.2) is 45.3 Å².